The standard InChI is InChI=1S/C28H33ClN4O5/c1-27(2,3)38-26(36)30-21(17-37-22-13-9-8-12-20(22)29)24(34)33-15-14-23-28(18-33,25(35)32(4)31-23)16-19-10-6-5-7-11-19/h5-13,21H,14-18H2,1-4H3,(H,30,36)/t21?,28-/m1/s1. The van der Waals surface area contributed by atoms with Crippen molar-refractivity contribution in [1.82, 2.24) is 15.2 Å². The number of amides is 3. The summed E-state index contributed by atoms with van der Waals surface area (Å²) in [5.74, 6) is -0.145. The van der Waals surface area contributed by atoms with Gasteiger partial charge in [-0.15, -0.1) is 0 Å². The lowest BCUT2D eigenvalue weighted by atomic mass is 9.73. The highest BCUT2D eigenvalue weighted by atomic mass is 35.5. The maximum Gasteiger partial charge on any atom is 0.408 e. The molecule has 2 atom stereocenters. The third kappa shape index (κ3) is 6.10. The van der Waals surface area contributed by atoms with Gasteiger partial charge in [-0.25, -0.2) is 9.80 Å². The first-order valence-corrected chi connectivity index (χ1v) is 12.9. The van der Waals surface area contributed by atoms with E-state index < -0.39 is 23.2 Å². The normalized spacial score (nSPS) is 19.9. The van der Waals surface area contributed by atoms with Crippen LogP contribution in [0.2, 0.25) is 5.02 Å². The van der Waals surface area contributed by atoms with Crippen LogP contribution in [0.3, 0.4) is 0 Å². The Bertz CT molecular complexity index is 1230. The van der Waals surface area contributed by atoms with E-state index >= 15 is 0 Å². The summed E-state index contributed by atoms with van der Waals surface area (Å²) in [4.78, 5) is 41.5. The SMILES string of the molecule is CN1N=C2CCN(C(=O)C(COc3ccccc3Cl)NC(=O)OC(C)(C)C)C[C@@]2(Cc2ccccc2)C1=O. The number of benzene rings is 2. The molecule has 1 N–H and O–H groups in total. The summed E-state index contributed by atoms with van der Waals surface area (Å²) in [5, 5.41) is 8.91. The first-order chi connectivity index (χ1) is 18.0. The van der Waals surface area contributed by atoms with Crippen molar-refractivity contribution in [1.29, 1.82) is 0 Å². The number of hydrogen-bond donors (Lipinski definition) is 1. The molecule has 0 aliphatic carbocycles. The van der Waals surface area contributed by atoms with Gasteiger partial charge in [0, 0.05) is 26.6 Å². The van der Waals surface area contributed by atoms with Crippen molar-refractivity contribution < 1.29 is 23.9 Å². The number of para-hydroxylation sites is 1. The van der Waals surface area contributed by atoms with Gasteiger partial charge in [-0.1, -0.05) is 54.1 Å². The molecule has 3 amide bonds. The van der Waals surface area contributed by atoms with Gasteiger partial charge in [-0.05, 0) is 44.9 Å². The van der Waals surface area contributed by atoms with Gasteiger partial charge < -0.3 is 19.7 Å². The van der Waals surface area contributed by atoms with E-state index in [0.717, 1.165) is 11.3 Å². The summed E-state index contributed by atoms with van der Waals surface area (Å²) in [6, 6.07) is 15.5. The molecule has 1 unspecified atom stereocenters. The summed E-state index contributed by atoms with van der Waals surface area (Å²) in [7, 11) is 1.64. The zero-order valence-electron chi connectivity index (χ0n) is 22.1. The molecule has 2 heterocycles. The van der Waals surface area contributed by atoms with Crippen molar-refractivity contribution in [3.63, 3.8) is 0 Å². The lowest BCUT2D eigenvalue weighted by Gasteiger charge is -2.40. The van der Waals surface area contributed by atoms with E-state index in [1.54, 1.807) is 57.0 Å². The molecule has 38 heavy (non-hydrogen) atoms. The Morgan fingerprint density at radius 3 is 2.50 bits per heavy atom. The topological polar surface area (TPSA) is 101 Å². The van der Waals surface area contributed by atoms with Gasteiger partial charge in [0.2, 0.25) is 5.91 Å². The number of carbonyl (C=O) groups excluding carboxylic acids is 3. The summed E-state index contributed by atoms with van der Waals surface area (Å²) in [5.41, 5.74) is 0.0214. The van der Waals surface area contributed by atoms with Crippen molar-refractivity contribution in [3.05, 3.63) is 65.2 Å². The van der Waals surface area contributed by atoms with Crippen molar-refractivity contribution in [2.75, 3.05) is 26.7 Å². The number of likely N-dealkylation sites (tertiary alicyclic amines) is 1. The second-order valence-corrected chi connectivity index (χ2v) is 11.0. The molecule has 2 aromatic carbocycles. The molecule has 2 aliphatic rings. The Labute approximate surface area is 227 Å². The van der Waals surface area contributed by atoms with Crippen LogP contribution in [-0.2, 0) is 20.7 Å². The molecule has 2 aromatic rings. The van der Waals surface area contributed by atoms with E-state index in [2.05, 4.69) is 10.4 Å². The highest BCUT2D eigenvalue weighted by Crippen LogP contribution is 2.38. The zero-order valence-corrected chi connectivity index (χ0v) is 22.8. The fraction of sp³-hybridized carbons (Fsp3) is 0.429. The summed E-state index contributed by atoms with van der Waals surface area (Å²) >= 11 is 6.23. The number of hydrogen-bond acceptors (Lipinski definition) is 6. The lowest BCUT2D eigenvalue weighted by Crippen LogP contribution is -2.60. The molecule has 2 aliphatic heterocycles. The zero-order chi connectivity index (χ0) is 27.5. The molecule has 0 bridgehead atoms. The van der Waals surface area contributed by atoms with Crippen LogP contribution in [0.1, 0.15) is 32.8 Å². The van der Waals surface area contributed by atoms with Crippen LogP contribution in [0.15, 0.2) is 59.7 Å². The number of nitrogens with one attached hydrogen (secondary N) is 1. The highest BCUT2D eigenvalue weighted by molar-refractivity contribution is 6.32. The average molecular weight is 541 g/mol. The number of carbonyl (C=O) groups is 3. The smallest absolute Gasteiger partial charge is 0.408 e. The number of alkyl carbamates (subject to hydrolysis) is 1. The Morgan fingerprint density at radius 1 is 1.13 bits per heavy atom. The molecule has 9 nitrogen and oxygen atoms in total. The first kappa shape index (κ1) is 27.4. The fourth-order valence-corrected chi connectivity index (χ4v) is 4.99. The van der Waals surface area contributed by atoms with E-state index in [-0.39, 0.29) is 25.0 Å². The second kappa shape index (κ2) is 11.0. The third-order valence-electron chi connectivity index (χ3n) is 6.50. The predicted octanol–water partition coefficient (Wildman–Crippen LogP) is 3.90. The number of hydrazone groups is 1. The summed E-state index contributed by atoms with van der Waals surface area (Å²) in [6.07, 6.45) is 0.118. The van der Waals surface area contributed by atoms with Crippen molar-refractivity contribution in [2.24, 2.45) is 10.5 Å². The molecule has 10 heteroatoms. The van der Waals surface area contributed by atoms with E-state index in [9.17, 15) is 14.4 Å². The van der Waals surface area contributed by atoms with Gasteiger partial charge in [0.05, 0.1) is 10.7 Å². The molecule has 0 saturated carbocycles. The summed E-state index contributed by atoms with van der Waals surface area (Å²) < 4.78 is 11.2. The second-order valence-electron chi connectivity index (χ2n) is 10.6. The first-order valence-electron chi connectivity index (χ1n) is 12.5. The van der Waals surface area contributed by atoms with Gasteiger partial charge in [-0.3, -0.25) is 9.59 Å². The largest absolute Gasteiger partial charge is 0.489 e. The van der Waals surface area contributed by atoms with Gasteiger partial charge in [0.1, 0.15) is 29.4 Å². The van der Waals surface area contributed by atoms with Crippen LogP contribution in [0, 0.1) is 5.41 Å². The van der Waals surface area contributed by atoms with Crippen LogP contribution in [0.4, 0.5) is 4.79 Å². The fourth-order valence-electron chi connectivity index (χ4n) is 4.80. The van der Waals surface area contributed by atoms with Crippen molar-refractivity contribution in [3.8, 4) is 5.75 Å². The van der Waals surface area contributed by atoms with Crippen LogP contribution < -0.4 is 10.1 Å². The highest BCUT2D eigenvalue weighted by Gasteiger charge is 2.54. The van der Waals surface area contributed by atoms with Gasteiger partial charge in [0.15, 0.2) is 0 Å². The maximum atomic E-state index is 13.9. The van der Waals surface area contributed by atoms with E-state index in [0.29, 0.717) is 30.2 Å². The minimum atomic E-state index is -1.07. The van der Waals surface area contributed by atoms with Crippen LogP contribution in [0.5, 0.6) is 5.75 Å². The van der Waals surface area contributed by atoms with Crippen molar-refractivity contribution >= 4 is 35.2 Å². The van der Waals surface area contributed by atoms with Gasteiger partial charge >= 0.3 is 6.09 Å². The Hall–Kier alpha value is -3.59. The minimum Gasteiger partial charge on any atom is -0.489 e. The number of halogens is 1. The molecule has 202 valence electrons. The number of ether oxygens (including phenoxy) is 2. The quantitative estimate of drug-likeness (QED) is 0.574. The molecule has 0 spiro atoms. The lowest BCUT2D eigenvalue weighted by molar-refractivity contribution is -0.141. The monoisotopic (exact) mass is 540 g/mol. The third-order valence-corrected chi connectivity index (χ3v) is 6.81. The Morgan fingerprint density at radius 2 is 1.82 bits per heavy atom. The molecular weight excluding hydrogens is 508 g/mol. The number of rotatable bonds is 7. The Balaban J connectivity index is 1.58. The van der Waals surface area contributed by atoms with Crippen LogP contribution in [-0.4, -0.2) is 71.9 Å². The maximum absolute atomic E-state index is 13.9. The number of nitrogens with zero attached hydrogens (tertiary/aromatic N) is 3. The van der Waals surface area contributed by atoms with Crippen LogP contribution in [0.25, 0.3) is 0 Å². The van der Waals surface area contributed by atoms with Gasteiger partial charge in [0.25, 0.3) is 5.91 Å². The van der Waals surface area contributed by atoms with E-state index in [4.69, 9.17) is 21.1 Å². The molecule has 1 fully saturated rings. The predicted molar refractivity (Wildman–Crippen MR) is 144 cm³/mol. The summed E-state index contributed by atoms with van der Waals surface area (Å²) in [6.45, 7) is 5.55. The average Bonchev–Trinajstić information content (AvgIpc) is 3.10. The molecule has 1 saturated heterocycles. The molecule has 0 aromatic heterocycles. The number of fused-ring (bicyclic) bond motifs is 1. The van der Waals surface area contributed by atoms with Crippen molar-refractivity contribution in [2.45, 2.75) is 45.3 Å². The molecule has 4 rings (SSSR count). The molecule has 0 radical (unpaired) electrons. The molecular formula is C28H33ClN4O5. The number of piperidine rings is 1. The van der Waals surface area contributed by atoms with E-state index in [1.165, 1.54) is 5.01 Å². The van der Waals surface area contributed by atoms with E-state index in [1.807, 2.05) is 30.3 Å². The van der Waals surface area contributed by atoms with Crippen LogP contribution >= 0.6 is 11.6 Å². The van der Waals surface area contributed by atoms with Gasteiger partial charge in [-0.2, -0.15) is 5.10 Å². The minimum absolute atomic E-state index is 0.140. The Kier molecular flexibility index (Phi) is 7.97.